The number of rotatable bonds is 5. The number of nitrogens with one attached hydrogen (secondary N) is 3. The third kappa shape index (κ3) is 5.06. The largest absolute Gasteiger partial charge is 0.465 e. The summed E-state index contributed by atoms with van der Waals surface area (Å²) in [5.41, 5.74) is 3.04. The van der Waals surface area contributed by atoms with Crippen LogP contribution in [0.5, 0.6) is 0 Å². The third-order valence-corrected chi connectivity index (χ3v) is 3.78. The van der Waals surface area contributed by atoms with Crippen LogP contribution < -0.4 is 16.0 Å². The van der Waals surface area contributed by atoms with Gasteiger partial charge in [0.05, 0.1) is 18.4 Å². The maximum atomic E-state index is 5.49. The summed E-state index contributed by atoms with van der Waals surface area (Å²) in [7, 11) is 0. The topological polar surface area (TPSA) is 62.1 Å². The predicted octanol–water partition coefficient (Wildman–Crippen LogP) is 4.52. The maximum Gasteiger partial charge on any atom is 0.171 e. The highest BCUT2D eigenvalue weighted by Gasteiger charge is 2.02. The standard InChI is InChI=1S/C19H20N4OS/c1-13-4-3-5-15(10-13)22-18-9-7-16(11-20-18)23-19(25)21-12-17-8-6-14(2)24-17/h3-11H,12H2,1-2H3,(H,20,22)(H2,21,23,25). The van der Waals surface area contributed by atoms with Crippen molar-refractivity contribution in [1.29, 1.82) is 0 Å². The highest BCUT2D eigenvalue weighted by Crippen LogP contribution is 2.17. The maximum absolute atomic E-state index is 5.49. The summed E-state index contributed by atoms with van der Waals surface area (Å²) in [6.45, 7) is 4.52. The molecule has 2 heterocycles. The zero-order valence-corrected chi connectivity index (χ0v) is 15.0. The molecule has 0 unspecified atom stereocenters. The molecule has 0 aliphatic heterocycles. The van der Waals surface area contributed by atoms with Crippen molar-refractivity contribution in [3.05, 3.63) is 71.8 Å². The minimum absolute atomic E-state index is 0.523. The van der Waals surface area contributed by atoms with Crippen LogP contribution in [0.25, 0.3) is 0 Å². The van der Waals surface area contributed by atoms with Crippen LogP contribution >= 0.6 is 12.2 Å². The van der Waals surface area contributed by atoms with Gasteiger partial charge in [-0.05, 0) is 68.0 Å². The quantitative estimate of drug-likeness (QED) is 0.587. The predicted molar refractivity (Wildman–Crippen MR) is 105 cm³/mol. The number of pyridine rings is 1. The van der Waals surface area contributed by atoms with Gasteiger partial charge in [0.25, 0.3) is 0 Å². The summed E-state index contributed by atoms with van der Waals surface area (Å²) in [6.07, 6.45) is 1.74. The fraction of sp³-hybridized carbons (Fsp3) is 0.158. The van der Waals surface area contributed by atoms with E-state index in [9.17, 15) is 0 Å². The molecule has 25 heavy (non-hydrogen) atoms. The molecule has 3 rings (SSSR count). The fourth-order valence-electron chi connectivity index (χ4n) is 2.34. The Bertz CT molecular complexity index is 858. The van der Waals surface area contributed by atoms with Crippen molar-refractivity contribution >= 4 is 34.5 Å². The molecule has 1 aromatic carbocycles. The Morgan fingerprint density at radius 2 is 1.96 bits per heavy atom. The molecule has 0 radical (unpaired) electrons. The van der Waals surface area contributed by atoms with Gasteiger partial charge < -0.3 is 20.4 Å². The van der Waals surface area contributed by atoms with Gasteiger partial charge in [-0.1, -0.05) is 12.1 Å². The van der Waals surface area contributed by atoms with E-state index in [2.05, 4.69) is 40.0 Å². The molecular weight excluding hydrogens is 332 g/mol. The molecule has 0 saturated carbocycles. The zero-order chi connectivity index (χ0) is 17.6. The van der Waals surface area contributed by atoms with Crippen molar-refractivity contribution in [2.45, 2.75) is 20.4 Å². The summed E-state index contributed by atoms with van der Waals surface area (Å²) in [5.74, 6) is 2.51. The lowest BCUT2D eigenvalue weighted by Gasteiger charge is -2.10. The average molecular weight is 352 g/mol. The van der Waals surface area contributed by atoms with Crippen LogP contribution in [-0.4, -0.2) is 10.1 Å². The molecular formula is C19H20N4OS. The van der Waals surface area contributed by atoms with Gasteiger partial charge in [0.1, 0.15) is 17.3 Å². The number of aromatic nitrogens is 1. The second kappa shape index (κ2) is 7.81. The third-order valence-electron chi connectivity index (χ3n) is 3.53. The van der Waals surface area contributed by atoms with E-state index in [0.29, 0.717) is 11.7 Å². The van der Waals surface area contributed by atoms with E-state index in [0.717, 1.165) is 28.7 Å². The van der Waals surface area contributed by atoms with Crippen molar-refractivity contribution in [1.82, 2.24) is 10.3 Å². The van der Waals surface area contributed by atoms with Crippen LogP contribution in [0.15, 0.2) is 59.1 Å². The second-order valence-corrected chi connectivity index (χ2v) is 6.15. The Morgan fingerprint density at radius 1 is 1.08 bits per heavy atom. The van der Waals surface area contributed by atoms with Crippen LogP contribution in [0.3, 0.4) is 0 Å². The van der Waals surface area contributed by atoms with Gasteiger partial charge in [0.2, 0.25) is 0 Å². The number of hydrogen-bond acceptors (Lipinski definition) is 4. The molecule has 6 heteroatoms. The Hall–Kier alpha value is -2.86. The number of nitrogens with zero attached hydrogens (tertiary/aromatic N) is 1. The second-order valence-electron chi connectivity index (χ2n) is 5.75. The van der Waals surface area contributed by atoms with Gasteiger partial charge in [-0.15, -0.1) is 0 Å². The molecule has 0 fully saturated rings. The number of aryl methyl sites for hydroxylation is 2. The van der Waals surface area contributed by atoms with E-state index in [4.69, 9.17) is 16.6 Å². The molecule has 3 aromatic rings. The first kappa shape index (κ1) is 17.0. The van der Waals surface area contributed by atoms with Gasteiger partial charge in [-0.25, -0.2) is 4.98 Å². The fourth-order valence-corrected chi connectivity index (χ4v) is 2.53. The molecule has 0 aliphatic carbocycles. The molecule has 0 atom stereocenters. The van der Waals surface area contributed by atoms with E-state index < -0.39 is 0 Å². The van der Waals surface area contributed by atoms with E-state index in [1.165, 1.54) is 5.56 Å². The first-order valence-corrected chi connectivity index (χ1v) is 8.39. The van der Waals surface area contributed by atoms with Gasteiger partial charge in [-0.2, -0.15) is 0 Å². The summed E-state index contributed by atoms with van der Waals surface area (Å²) in [6, 6.07) is 15.8. The van der Waals surface area contributed by atoms with E-state index in [-0.39, 0.29) is 0 Å². The van der Waals surface area contributed by atoms with E-state index in [1.54, 1.807) is 6.20 Å². The zero-order valence-electron chi connectivity index (χ0n) is 14.2. The van der Waals surface area contributed by atoms with Crippen molar-refractivity contribution in [2.24, 2.45) is 0 Å². The molecule has 5 nitrogen and oxygen atoms in total. The molecule has 2 aromatic heterocycles. The minimum atomic E-state index is 0.523. The van der Waals surface area contributed by atoms with Crippen LogP contribution in [0.1, 0.15) is 17.1 Å². The first-order chi connectivity index (χ1) is 12.1. The minimum Gasteiger partial charge on any atom is -0.465 e. The lowest BCUT2D eigenvalue weighted by atomic mass is 10.2. The highest BCUT2D eigenvalue weighted by molar-refractivity contribution is 7.80. The Morgan fingerprint density at radius 3 is 2.64 bits per heavy atom. The van der Waals surface area contributed by atoms with Crippen LogP contribution in [0.4, 0.5) is 17.2 Å². The Balaban J connectivity index is 1.52. The molecule has 0 amide bonds. The first-order valence-electron chi connectivity index (χ1n) is 7.98. The van der Waals surface area contributed by atoms with E-state index in [1.807, 2.05) is 43.3 Å². The monoisotopic (exact) mass is 352 g/mol. The SMILES string of the molecule is Cc1cccc(Nc2ccc(NC(=S)NCc3ccc(C)o3)cn2)c1. The summed E-state index contributed by atoms with van der Waals surface area (Å²) < 4.78 is 5.49. The average Bonchev–Trinajstić information content (AvgIpc) is 3.00. The van der Waals surface area contributed by atoms with Crippen molar-refractivity contribution in [2.75, 3.05) is 10.6 Å². The summed E-state index contributed by atoms with van der Waals surface area (Å²) >= 11 is 5.29. The van der Waals surface area contributed by atoms with Gasteiger partial charge in [-0.3, -0.25) is 0 Å². The molecule has 0 saturated heterocycles. The lowest BCUT2D eigenvalue weighted by molar-refractivity contribution is 0.478. The Kier molecular flexibility index (Phi) is 5.30. The van der Waals surface area contributed by atoms with Crippen LogP contribution in [0.2, 0.25) is 0 Å². The molecule has 128 valence electrons. The van der Waals surface area contributed by atoms with Crippen molar-refractivity contribution in [3.63, 3.8) is 0 Å². The van der Waals surface area contributed by atoms with E-state index >= 15 is 0 Å². The number of furan rings is 1. The smallest absolute Gasteiger partial charge is 0.171 e. The van der Waals surface area contributed by atoms with Gasteiger partial charge in [0.15, 0.2) is 5.11 Å². The number of hydrogen-bond donors (Lipinski definition) is 3. The molecule has 3 N–H and O–H groups in total. The van der Waals surface area contributed by atoms with Crippen molar-refractivity contribution < 1.29 is 4.42 Å². The van der Waals surface area contributed by atoms with Crippen LogP contribution in [0, 0.1) is 13.8 Å². The lowest BCUT2D eigenvalue weighted by Crippen LogP contribution is -2.27. The normalized spacial score (nSPS) is 10.3. The van der Waals surface area contributed by atoms with Crippen molar-refractivity contribution in [3.8, 4) is 0 Å². The van der Waals surface area contributed by atoms with Gasteiger partial charge in [0, 0.05) is 5.69 Å². The van der Waals surface area contributed by atoms with Crippen LogP contribution in [-0.2, 0) is 6.54 Å². The van der Waals surface area contributed by atoms with Gasteiger partial charge >= 0.3 is 0 Å². The Labute approximate surface area is 152 Å². The number of thiocarbonyl (C=S) groups is 1. The molecule has 0 bridgehead atoms. The highest BCUT2D eigenvalue weighted by atomic mass is 32.1. The summed E-state index contributed by atoms with van der Waals surface area (Å²) in [5, 5.41) is 10.0. The number of anilines is 3. The molecule has 0 spiro atoms. The molecule has 0 aliphatic rings. The number of benzene rings is 1. The summed E-state index contributed by atoms with van der Waals surface area (Å²) in [4.78, 5) is 4.40.